The summed E-state index contributed by atoms with van der Waals surface area (Å²) >= 11 is 0. The van der Waals surface area contributed by atoms with Gasteiger partial charge in [-0.15, -0.1) is 0 Å². The van der Waals surface area contributed by atoms with E-state index in [1.165, 1.54) is 10.8 Å². The van der Waals surface area contributed by atoms with E-state index in [1.807, 2.05) is 5.41 Å². The van der Waals surface area contributed by atoms with Crippen molar-refractivity contribution in [3.63, 3.8) is 0 Å². The molecule has 4 N–H and O–H groups in total. The first-order valence-corrected chi connectivity index (χ1v) is 5.06. The molecule has 1 aliphatic heterocycles. The highest BCUT2D eigenvalue weighted by atomic mass is 33.1. The molecule has 1 unspecified atom stereocenters. The van der Waals surface area contributed by atoms with Gasteiger partial charge in [0.1, 0.15) is 0 Å². The number of thiol groups is 1. The molecule has 0 radical (unpaired) electrons. The van der Waals surface area contributed by atoms with E-state index in [1.54, 1.807) is 6.20 Å². The van der Waals surface area contributed by atoms with Crippen LogP contribution in [-0.4, -0.2) is 5.24 Å². The minimum Gasteiger partial charge on any atom is -0.340 e. The Morgan fingerprint density at radius 2 is 2.67 bits per heavy atom. The summed E-state index contributed by atoms with van der Waals surface area (Å²) in [5, 5.41) is 1.70. The van der Waals surface area contributed by atoms with Crippen molar-refractivity contribution in [2.24, 2.45) is 5.84 Å². The monoisotopic (exact) mass is 165 g/mol. The minimum atomic E-state index is -0.826. The topological polar surface area (TPSA) is 67.1 Å². The van der Waals surface area contributed by atoms with Crippen LogP contribution in [0, 0.1) is 0 Å². The smallest absolute Gasteiger partial charge is 0.299 e. The van der Waals surface area contributed by atoms with Gasteiger partial charge in [-0.1, -0.05) is 10.8 Å². The van der Waals surface area contributed by atoms with E-state index in [4.69, 9.17) is 5.84 Å². The van der Waals surface area contributed by atoms with Crippen LogP contribution in [0.5, 0.6) is 0 Å². The fraction of sp³-hybridized carbons (Fsp3) is 0. The van der Waals surface area contributed by atoms with Gasteiger partial charge in [0.05, 0.1) is 0 Å². The normalized spacial score (nSPS) is 27.4. The number of rotatable bonds is 0. The van der Waals surface area contributed by atoms with Gasteiger partial charge in [-0.3, -0.25) is 10.2 Å². The standard InChI is InChI=1S/C3H7N3OS2/c4-6-3(7)9-5-1-2-8-9/h1-2,5,9H,4H2,(H,6,7). The van der Waals surface area contributed by atoms with Crippen LogP contribution >= 0.6 is 20.9 Å². The molecule has 0 aromatic rings. The fourth-order valence-electron chi connectivity index (χ4n) is 0.385. The predicted molar refractivity (Wildman–Crippen MR) is 41.6 cm³/mol. The number of hydrogen-bond acceptors (Lipinski definition) is 4. The predicted octanol–water partition coefficient (Wildman–Crippen LogP) is 0.209. The van der Waals surface area contributed by atoms with Crippen molar-refractivity contribution in [2.45, 2.75) is 0 Å². The summed E-state index contributed by atoms with van der Waals surface area (Å²) in [5.41, 5.74) is 2.07. The van der Waals surface area contributed by atoms with Crippen molar-refractivity contribution in [1.29, 1.82) is 0 Å². The zero-order valence-corrected chi connectivity index (χ0v) is 6.21. The van der Waals surface area contributed by atoms with Crippen LogP contribution in [0.25, 0.3) is 0 Å². The molecule has 1 heterocycles. The van der Waals surface area contributed by atoms with E-state index < -0.39 is 10.1 Å². The van der Waals surface area contributed by atoms with E-state index >= 15 is 0 Å². The Morgan fingerprint density at radius 3 is 3.11 bits per heavy atom. The van der Waals surface area contributed by atoms with Crippen molar-refractivity contribution in [2.75, 3.05) is 0 Å². The molecular weight excluding hydrogens is 158 g/mol. The lowest BCUT2D eigenvalue weighted by molar-refractivity contribution is 0.261. The molecule has 0 spiro atoms. The first kappa shape index (κ1) is 6.79. The number of carbonyl (C=O) groups excluding carboxylic acids is 1. The highest BCUT2D eigenvalue weighted by Gasteiger charge is 2.12. The van der Waals surface area contributed by atoms with Gasteiger partial charge in [-0.2, -0.15) is 0 Å². The van der Waals surface area contributed by atoms with Gasteiger partial charge in [0, 0.05) is 6.20 Å². The Morgan fingerprint density at radius 1 is 1.89 bits per heavy atom. The van der Waals surface area contributed by atoms with E-state index in [9.17, 15) is 4.79 Å². The first-order chi connectivity index (χ1) is 4.34. The van der Waals surface area contributed by atoms with Gasteiger partial charge in [0.2, 0.25) is 0 Å². The van der Waals surface area contributed by atoms with Crippen LogP contribution in [0.4, 0.5) is 4.79 Å². The molecule has 52 valence electrons. The molecule has 1 atom stereocenters. The fourth-order valence-corrected chi connectivity index (χ4v) is 2.70. The number of nitrogens with one attached hydrogen (secondary N) is 2. The third kappa shape index (κ3) is 1.54. The molecule has 1 aliphatic rings. The number of amides is 1. The van der Waals surface area contributed by atoms with E-state index in [0.29, 0.717) is 0 Å². The highest BCUT2D eigenvalue weighted by Crippen LogP contribution is 2.41. The minimum absolute atomic E-state index is 0.139. The Balaban J connectivity index is 2.36. The molecule has 0 saturated carbocycles. The van der Waals surface area contributed by atoms with Crippen LogP contribution in [0.3, 0.4) is 0 Å². The average Bonchev–Trinajstić information content (AvgIpc) is 2.37. The van der Waals surface area contributed by atoms with Gasteiger partial charge in [-0.05, 0) is 15.5 Å². The van der Waals surface area contributed by atoms with Crippen LogP contribution in [0.1, 0.15) is 0 Å². The number of nitrogens with two attached hydrogens (primary N) is 1. The van der Waals surface area contributed by atoms with Crippen LogP contribution < -0.4 is 16.0 Å². The maximum Gasteiger partial charge on any atom is 0.299 e. The van der Waals surface area contributed by atoms with Crippen molar-refractivity contribution >= 4 is 26.1 Å². The maximum atomic E-state index is 10.7. The summed E-state index contributed by atoms with van der Waals surface area (Å²) in [6.07, 6.45) is 1.74. The summed E-state index contributed by atoms with van der Waals surface area (Å²) in [6, 6.07) is 0. The number of hydrogen-bond donors (Lipinski definition) is 4. The number of carbonyl (C=O) groups is 1. The second kappa shape index (κ2) is 3.00. The second-order valence-electron chi connectivity index (χ2n) is 1.28. The quantitative estimate of drug-likeness (QED) is 0.136. The first-order valence-electron chi connectivity index (χ1n) is 2.23. The maximum absolute atomic E-state index is 10.7. The zero-order chi connectivity index (χ0) is 6.69. The third-order valence-electron chi connectivity index (χ3n) is 0.734. The van der Waals surface area contributed by atoms with Crippen molar-refractivity contribution in [3.8, 4) is 0 Å². The van der Waals surface area contributed by atoms with Crippen LogP contribution in [0.15, 0.2) is 11.6 Å². The molecule has 9 heavy (non-hydrogen) atoms. The summed E-state index contributed by atoms with van der Waals surface area (Å²) < 4.78 is 2.86. The average molecular weight is 165 g/mol. The molecule has 0 aromatic heterocycles. The van der Waals surface area contributed by atoms with Crippen molar-refractivity contribution < 1.29 is 4.79 Å². The van der Waals surface area contributed by atoms with Gasteiger partial charge in [-0.25, -0.2) is 5.84 Å². The Labute approximate surface area is 59.1 Å². The van der Waals surface area contributed by atoms with Gasteiger partial charge >= 0.3 is 0 Å². The van der Waals surface area contributed by atoms with E-state index in [-0.39, 0.29) is 5.24 Å². The highest BCUT2D eigenvalue weighted by molar-refractivity contribution is 8.91. The van der Waals surface area contributed by atoms with Crippen LogP contribution in [0.2, 0.25) is 0 Å². The molecule has 0 aromatic carbocycles. The lowest BCUT2D eigenvalue weighted by Crippen LogP contribution is -2.29. The molecule has 0 fully saturated rings. The molecule has 6 heteroatoms. The van der Waals surface area contributed by atoms with Gasteiger partial charge < -0.3 is 4.72 Å². The zero-order valence-electron chi connectivity index (χ0n) is 4.50. The van der Waals surface area contributed by atoms with E-state index in [2.05, 4.69) is 10.1 Å². The summed E-state index contributed by atoms with van der Waals surface area (Å²) in [6.45, 7) is 0. The summed E-state index contributed by atoms with van der Waals surface area (Å²) in [4.78, 5) is 10.7. The van der Waals surface area contributed by atoms with Crippen LogP contribution in [-0.2, 0) is 0 Å². The molecular formula is C3H7N3OS2. The Hall–Kier alpha value is -0.330. The summed E-state index contributed by atoms with van der Waals surface area (Å²) in [5.74, 6) is 4.89. The molecule has 0 saturated heterocycles. The van der Waals surface area contributed by atoms with Crippen molar-refractivity contribution in [1.82, 2.24) is 10.1 Å². The molecule has 1 amide bonds. The third-order valence-corrected chi connectivity index (χ3v) is 3.90. The van der Waals surface area contributed by atoms with E-state index in [0.717, 1.165) is 0 Å². The van der Waals surface area contributed by atoms with Gasteiger partial charge in [0.15, 0.2) is 0 Å². The molecule has 4 nitrogen and oxygen atoms in total. The van der Waals surface area contributed by atoms with Crippen molar-refractivity contribution in [3.05, 3.63) is 11.6 Å². The largest absolute Gasteiger partial charge is 0.340 e. The Kier molecular flexibility index (Phi) is 2.26. The molecule has 0 aliphatic carbocycles. The SMILES string of the molecule is NNC(=O)[SH]1NC=CS1. The molecule has 0 bridgehead atoms. The van der Waals surface area contributed by atoms with Gasteiger partial charge in [0.25, 0.3) is 5.24 Å². The lowest BCUT2D eigenvalue weighted by atomic mass is 11.1. The summed E-state index contributed by atoms with van der Waals surface area (Å²) in [7, 11) is 0.630. The lowest BCUT2D eigenvalue weighted by Gasteiger charge is -2.10. The molecule has 1 rings (SSSR count). The Bertz CT molecular complexity index is 140. The number of hydrazine groups is 1. The second-order valence-corrected chi connectivity index (χ2v) is 4.75.